The normalized spacial score (nSPS) is 14.9. The van der Waals surface area contributed by atoms with E-state index >= 15 is 0 Å². The average Bonchev–Trinajstić information content (AvgIpc) is 3.44. The molecule has 1 N–H and O–H groups in total. The van der Waals surface area contributed by atoms with Crippen molar-refractivity contribution < 1.29 is 9.18 Å². The largest absolute Gasteiger partial charge is 0.352 e. The molecule has 29 heavy (non-hydrogen) atoms. The van der Waals surface area contributed by atoms with Crippen molar-refractivity contribution in [1.82, 2.24) is 14.9 Å². The summed E-state index contributed by atoms with van der Waals surface area (Å²) in [4.78, 5) is 18.0. The minimum Gasteiger partial charge on any atom is -0.352 e. The number of aromatic nitrogens is 2. The van der Waals surface area contributed by atoms with E-state index in [-0.39, 0.29) is 17.8 Å². The number of carbonyl (C=O) groups excluding carboxylic acids is 1. The van der Waals surface area contributed by atoms with Crippen molar-refractivity contribution in [3.8, 4) is 0 Å². The molecule has 1 fully saturated rings. The van der Waals surface area contributed by atoms with Gasteiger partial charge in [0.1, 0.15) is 17.7 Å². The molecule has 0 saturated heterocycles. The number of fused-ring (bicyclic) bond motifs is 1. The molecule has 1 aliphatic carbocycles. The van der Waals surface area contributed by atoms with E-state index in [4.69, 9.17) is 4.98 Å². The van der Waals surface area contributed by atoms with Crippen molar-refractivity contribution in [3.63, 3.8) is 0 Å². The molecule has 4 rings (SSSR count). The highest BCUT2D eigenvalue weighted by Gasteiger charge is 2.30. The molecule has 0 radical (unpaired) electrons. The summed E-state index contributed by atoms with van der Waals surface area (Å²) in [6, 6.07) is 10.8. The van der Waals surface area contributed by atoms with Crippen molar-refractivity contribution in [2.75, 3.05) is 0 Å². The standard InChI is InChI=1S/C24H28FN3O/c1-4-5-21(24(29)26-19-10-11-19)28-22-13-16(3)15(2)12-20(22)27-23(28)14-17-6-8-18(25)9-7-17/h6-9,12-13,19,21H,4-5,10-11,14H2,1-3H3,(H,26,29). The van der Waals surface area contributed by atoms with Gasteiger partial charge in [-0.2, -0.15) is 0 Å². The first-order valence-corrected chi connectivity index (χ1v) is 10.5. The summed E-state index contributed by atoms with van der Waals surface area (Å²) in [5, 5.41) is 3.18. The first-order chi connectivity index (χ1) is 14.0. The summed E-state index contributed by atoms with van der Waals surface area (Å²) in [6.07, 6.45) is 4.35. The first kappa shape index (κ1) is 19.6. The SMILES string of the molecule is CCCC(C(=O)NC1CC1)n1c(Cc2ccc(F)cc2)nc2cc(C)c(C)cc21. The van der Waals surface area contributed by atoms with E-state index in [0.29, 0.717) is 12.5 Å². The summed E-state index contributed by atoms with van der Waals surface area (Å²) in [6.45, 7) is 6.27. The Labute approximate surface area is 171 Å². The number of imidazole rings is 1. The zero-order valence-corrected chi connectivity index (χ0v) is 17.3. The molecule has 0 spiro atoms. The average molecular weight is 394 g/mol. The van der Waals surface area contributed by atoms with Crippen LogP contribution in [-0.2, 0) is 11.2 Å². The highest BCUT2D eigenvalue weighted by molar-refractivity contribution is 5.85. The molecule has 1 unspecified atom stereocenters. The summed E-state index contributed by atoms with van der Waals surface area (Å²) in [7, 11) is 0. The minimum absolute atomic E-state index is 0.0761. The van der Waals surface area contributed by atoms with Crippen molar-refractivity contribution >= 4 is 16.9 Å². The van der Waals surface area contributed by atoms with Crippen LogP contribution < -0.4 is 5.32 Å². The second-order valence-corrected chi connectivity index (χ2v) is 8.21. The molecule has 1 saturated carbocycles. The van der Waals surface area contributed by atoms with E-state index in [1.807, 2.05) is 0 Å². The molecule has 1 amide bonds. The van der Waals surface area contributed by atoms with Gasteiger partial charge in [0.15, 0.2) is 0 Å². The van der Waals surface area contributed by atoms with Gasteiger partial charge < -0.3 is 9.88 Å². The molecule has 1 aromatic heterocycles. The Hall–Kier alpha value is -2.69. The van der Waals surface area contributed by atoms with Gasteiger partial charge in [0.25, 0.3) is 0 Å². The van der Waals surface area contributed by atoms with Crippen LogP contribution in [0.4, 0.5) is 4.39 Å². The Morgan fingerprint density at radius 3 is 2.55 bits per heavy atom. The third-order valence-electron chi connectivity index (χ3n) is 5.75. The van der Waals surface area contributed by atoms with E-state index < -0.39 is 0 Å². The molecule has 0 bridgehead atoms. The Morgan fingerprint density at radius 2 is 1.90 bits per heavy atom. The molecule has 3 aromatic rings. The summed E-state index contributed by atoms with van der Waals surface area (Å²) >= 11 is 0. The zero-order chi connectivity index (χ0) is 20.5. The van der Waals surface area contributed by atoms with Crippen LogP contribution in [-0.4, -0.2) is 21.5 Å². The number of rotatable bonds is 7. The monoisotopic (exact) mass is 393 g/mol. The van der Waals surface area contributed by atoms with E-state index in [1.54, 1.807) is 12.1 Å². The van der Waals surface area contributed by atoms with Gasteiger partial charge in [0, 0.05) is 12.5 Å². The van der Waals surface area contributed by atoms with Crippen LogP contribution in [0.2, 0.25) is 0 Å². The van der Waals surface area contributed by atoms with Gasteiger partial charge in [0.2, 0.25) is 5.91 Å². The maximum Gasteiger partial charge on any atom is 0.243 e. The third-order valence-corrected chi connectivity index (χ3v) is 5.75. The molecule has 152 valence electrons. The summed E-state index contributed by atoms with van der Waals surface area (Å²) in [5.74, 6) is 0.675. The Kier molecular flexibility index (Phi) is 5.39. The Morgan fingerprint density at radius 1 is 1.21 bits per heavy atom. The van der Waals surface area contributed by atoms with Crippen LogP contribution in [0.15, 0.2) is 36.4 Å². The number of carbonyl (C=O) groups is 1. The van der Waals surface area contributed by atoms with E-state index in [1.165, 1.54) is 23.3 Å². The van der Waals surface area contributed by atoms with Crippen LogP contribution in [0.5, 0.6) is 0 Å². The van der Waals surface area contributed by atoms with Gasteiger partial charge >= 0.3 is 0 Å². The molecule has 0 aliphatic heterocycles. The first-order valence-electron chi connectivity index (χ1n) is 10.5. The van der Waals surface area contributed by atoms with Gasteiger partial charge in [-0.1, -0.05) is 25.5 Å². The second-order valence-electron chi connectivity index (χ2n) is 8.21. The number of hydrogen-bond donors (Lipinski definition) is 1. The van der Waals surface area contributed by atoms with Crippen molar-refractivity contribution in [2.45, 2.75) is 65.0 Å². The number of nitrogens with zero attached hydrogens (tertiary/aromatic N) is 2. The zero-order valence-electron chi connectivity index (χ0n) is 17.3. The van der Waals surface area contributed by atoms with Crippen LogP contribution >= 0.6 is 0 Å². The molecular formula is C24H28FN3O. The van der Waals surface area contributed by atoms with E-state index in [2.05, 4.69) is 42.8 Å². The van der Waals surface area contributed by atoms with Gasteiger partial charge in [-0.3, -0.25) is 4.79 Å². The van der Waals surface area contributed by atoms with Gasteiger partial charge in [-0.05, 0) is 74.1 Å². The smallest absolute Gasteiger partial charge is 0.243 e. The molecule has 5 heteroatoms. The number of halogens is 1. The van der Waals surface area contributed by atoms with E-state index in [0.717, 1.165) is 48.1 Å². The van der Waals surface area contributed by atoms with Crippen LogP contribution in [0.1, 0.15) is 61.2 Å². The third kappa shape index (κ3) is 4.19. The Bertz CT molecular complexity index is 1030. The van der Waals surface area contributed by atoms with Crippen molar-refractivity contribution in [2.24, 2.45) is 0 Å². The number of amides is 1. The lowest BCUT2D eigenvalue weighted by atomic mass is 10.1. The lowest BCUT2D eigenvalue weighted by Crippen LogP contribution is -2.34. The number of benzene rings is 2. The highest BCUT2D eigenvalue weighted by atomic mass is 19.1. The predicted molar refractivity (Wildman–Crippen MR) is 114 cm³/mol. The Balaban J connectivity index is 1.81. The maximum absolute atomic E-state index is 13.3. The number of aryl methyl sites for hydroxylation is 2. The second kappa shape index (κ2) is 7.97. The van der Waals surface area contributed by atoms with Gasteiger partial charge in [-0.15, -0.1) is 0 Å². The summed E-state index contributed by atoms with van der Waals surface area (Å²) < 4.78 is 15.5. The fraction of sp³-hybridized carbons (Fsp3) is 0.417. The van der Waals surface area contributed by atoms with E-state index in [9.17, 15) is 9.18 Å². The quantitative estimate of drug-likeness (QED) is 0.614. The fourth-order valence-electron chi connectivity index (χ4n) is 3.83. The topological polar surface area (TPSA) is 46.9 Å². The number of hydrogen-bond acceptors (Lipinski definition) is 2. The lowest BCUT2D eigenvalue weighted by Gasteiger charge is -2.21. The van der Waals surface area contributed by atoms with Gasteiger partial charge in [0.05, 0.1) is 11.0 Å². The highest BCUT2D eigenvalue weighted by Crippen LogP contribution is 2.29. The number of nitrogens with one attached hydrogen (secondary N) is 1. The maximum atomic E-state index is 13.3. The van der Waals surface area contributed by atoms with Crippen LogP contribution in [0.3, 0.4) is 0 Å². The molecule has 1 atom stereocenters. The van der Waals surface area contributed by atoms with Crippen molar-refractivity contribution in [3.05, 3.63) is 64.7 Å². The molecular weight excluding hydrogens is 365 g/mol. The predicted octanol–water partition coefficient (Wildman–Crippen LogP) is 5.00. The minimum atomic E-state index is -0.289. The summed E-state index contributed by atoms with van der Waals surface area (Å²) in [5.41, 5.74) is 5.25. The molecule has 1 heterocycles. The molecule has 2 aromatic carbocycles. The lowest BCUT2D eigenvalue weighted by molar-refractivity contribution is -0.124. The van der Waals surface area contributed by atoms with Gasteiger partial charge in [-0.25, -0.2) is 9.37 Å². The van der Waals surface area contributed by atoms with Crippen LogP contribution in [0, 0.1) is 19.7 Å². The van der Waals surface area contributed by atoms with Crippen LogP contribution in [0.25, 0.3) is 11.0 Å². The fourth-order valence-corrected chi connectivity index (χ4v) is 3.83. The molecule has 4 nitrogen and oxygen atoms in total. The molecule has 1 aliphatic rings. The van der Waals surface area contributed by atoms with Crippen molar-refractivity contribution in [1.29, 1.82) is 0 Å².